The normalized spacial score (nSPS) is 9.55. The molecule has 58 valence electrons. The van der Waals surface area contributed by atoms with Gasteiger partial charge in [-0.15, -0.1) is 11.3 Å². The molecule has 0 unspecified atom stereocenters. The Morgan fingerprint density at radius 2 is 2.36 bits per heavy atom. The van der Waals surface area contributed by atoms with E-state index in [0.717, 1.165) is 10.4 Å². The lowest BCUT2D eigenvalue weighted by atomic mass is 10.2. The molecule has 2 N–H and O–H groups in total. The molecule has 0 bridgehead atoms. The highest BCUT2D eigenvalue weighted by Crippen LogP contribution is 2.22. The number of amides is 1. The first-order valence-electron chi connectivity index (χ1n) is 3.16. The summed E-state index contributed by atoms with van der Waals surface area (Å²) >= 11 is 1.49. The fourth-order valence-corrected chi connectivity index (χ4v) is 1.70. The lowest BCUT2D eigenvalue weighted by molar-refractivity contribution is -0.112. The number of carbonyl (C=O) groups excluding carboxylic acids is 1. The minimum Gasteiger partial charge on any atom is -0.366 e. The van der Waals surface area contributed by atoms with E-state index in [1.165, 1.54) is 11.3 Å². The number of rotatable bonds is 2. The molecule has 1 heterocycles. The molecule has 11 heavy (non-hydrogen) atoms. The van der Waals surface area contributed by atoms with Crippen molar-refractivity contribution < 1.29 is 4.79 Å². The molecule has 0 radical (unpaired) electrons. The van der Waals surface area contributed by atoms with Crippen LogP contribution in [0.5, 0.6) is 0 Å². The van der Waals surface area contributed by atoms with Crippen molar-refractivity contribution in [1.29, 1.82) is 0 Å². The fourth-order valence-electron chi connectivity index (χ4n) is 0.794. The molecule has 0 aliphatic carbocycles. The second kappa shape index (κ2) is 2.88. The topological polar surface area (TPSA) is 43.1 Å². The van der Waals surface area contributed by atoms with Crippen LogP contribution in [0.15, 0.2) is 18.0 Å². The van der Waals surface area contributed by atoms with Crippen molar-refractivity contribution in [3.05, 3.63) is 28.5 Å². The van der Waals surface area contributed by atoms with Crippen molar-refractivity contribution in [2.24, 2.45) is 5.73 Å². The van der Waals surface area contributed by atoms with Gasteiger partial charge >= 0.3 is 0 Å². The lowest BCUT2D eigenvalue weighted by Gasteiger charge is -1.97. The molecule has 0 saturated carbocycles. The van der Waals surface area contributed by atoms with E-state index in [1.807, 2.05) is 18.4 Å². The third-order valence-electron chi connectivity index (χ3n) is 1.43. The SMILES string of the molecule is C=C(C(N)=O)c1sccc1C. The minimum absolute atomic E-state index is 0.400. The Morgan fingerprint density at radius 1 is 1.73 bits per heavy atom. The molecular formula is C8H9NOS. The molecule has 1 amide bonds. The zero-order valence-electron chi connectivity index (χ0n) is 6.26. The smallest absolute Gasteiger partial charge is 0.249 e. The largest absolute Gasteiger partial charge is 0.366 e. The predicted molar refractivity (Wildman–Crippen MR) is 47.3 cm³/mol. The van der Waals surface area contributed by atoms with Crippen molar-refractivity contribution in [3.8, 4) is 0 Å². The first-order valence-corrected chi connectivity index (χ1v) is 4.04. The summed E-state index contributed by atoms with van der Waals surface area (Å²) in [7, 11) is 0. The summed E-state index contributed by atoms with van der Waals surface area (Å²) in [5, 5.41) is 1.92. The van der Waals surface area contributed by atoms with Crippen LogP contribution in [0.3, 0.4) is 0 Å². The Hall–Kier alpha value is -1.09. The average molecular weight is 167 g/mol. The number of hydrogen-bond acceptors (Lipinski definition) is 2. The van der Waals surface area contributed by atoms with Crippen LogP contribution in [0.2, 0.25) is 0 Å². The maximum atomic E-state index is 10.7. The second-order valence-electron chi connectivity index (χ2n) is 2.28. The Balaban J connectivity index is 3.02. The molecule has 0 spiro atoms. The molecule has 0 atom stereocenters. The second-order valence-corrected chi connectivity index (χ2v) is 3.19. The summed E-state index contributed by atoms with van der Waals surface area (Å²) in [6.07, 6.45) is 0. The summed E-state index contributed by atoms with van der Waals surface area (Å²) < 4.78 is 0. The van der Waals surface area contributed by atoms with Crippen LogP contribution in [0.1, 0.15) is 10.4 Å². The minimum atomic E-state index is -0.449. The van der Waals surface area contributed by atoms with E-state index >= 15 is 0 Å². The molecule has 0 aliphatic rings. The number of aryl methyl sites for hydroxylation is 1. The van der Waals surface area contributed by atoms with Gasteiger partial charge in [0.05, 0.1) is 0 Å². The Kier molecular flexibility index (Phi) is 2.10. The summed E-state index contributed by atoms with van der Waals surface area (Å²) in [5.74, 6) is -0.449. The standard InChI is InChI=1S/C8H9NOS/c1-5-3-4-11-7(5)6(2)8(9)10/h3-4H,2H2,1H3,(H2,9,10). The van der Waals surface area contributed by atoms with E-state index in [2.05, 4.69) is 6.58 Å². The summed E-state index contributed by atoms with van der Waals surface area (Å²) in [5.41, 5.74) is 6.52. The van der Waals surface area contributed by atoms with Gasteiger partial charge in [0, 0.05) is 10.5 Å². The van der Waals surface area contributed by atoms with Gasteiger partial charge in [0.15, 0.2) is 0 Å². The summed E-state index contributed by atoms with van der Waals surface area (Å²) in [6, 6.07) is 1.94. The van der Waals surface area contributed by atoms with E-state index in [-0.39, 0.29) is 0 Å². The number of carbonyl (C=O) groups is 1. The number of hydrogen-bond donors (Lipinski definition) is 1. The van der Waals surface area contributed by atoms with Crippen LogP contribution in [-0.4, -0.2) is 5.91 Å². The van der Waals surface area contributed by atoms with Crippen LogP contribution >= 0.6 is 11.3 Å². The molecule has 0 aromatic carbocycles. The third kappa shape index (κ3) is 1.49. The van der Waals surface area contributed by atoms with Gasteiger partial charge in [-0.1, -0.05) is 6.58 Å². The average Bonchev–Trinajstić information content (AvgIpc) is 2.33. The zero-order chi connectivity index (χ0) is 8.43. The van der Waals surface area contributed by atoms with Gasteiger partial charge in [-0.05, 0) is 23.9 Å². The maximum Gasteiger partial charge on any atom is 0.249 e. The molecule has 1 aromatic heterocycles. The Labute approximate surface area is 69.3 Å². The molecule has 3 heteroatoms. The van der Waals surface area contributed by atoms with E-state index in [0.29, 0.717) is 5.57 Å². The van der Waals surface area contributed by atoms with E-state index in [1.54, 1.807) is 0 Å². The summed E-state index contributed by atoms with van der Waals surface area (Å²) in [6.45, 7) is 5.52. The first kappa shape index (κ1) is 8.01. The van der Waals surface area contributed by atoms with Gasteiger partial charge in [-0.2, -0.15) is 0 Å². The molecule has 0 fully saturated rings. The third-order valence-corrected chi connectivity index (χ3v) is 2.51. The van der Waals surface area contributed by atoms with Crippen LogP contribution < -0.4 is 5.73 Å². The van der Waals surface area contributed by atoms with Crippen molar-refractivity contribution in [1.82, 2.24) is 0 Å². The van der Waals surface area contributed by atoms with Crippen molar-refractivity contribution in [3.63, 3.8) is 0 Å². The van der Waals surface area contributed by atoms with Gasteiger partial charge in [0.2, 0.25) is 5.91 Å². The van der Waals surface area contributed by atoms with Gasteiger partial charge in [0.25, 0.3) is 0 Å². The maximum absolute atomic E-state index is 10.7. The van der Waals surface area contributed by atoms with E-state index in [4.69, 9.17) is 5.73 Å². The van der Waals surface area contributed by atoms with Crippen LogP contribution in [0, 0.1) is 6.92 Å². The van der Waals surface area contributed by atoms with Gasteiger partial charge in [0.1, 0.15) is 0 Å². The number of thiophene rings is 1. The van der Waals surface area contributed by atoms with Crippen LogP contribution in [0.25, 0.3) is 5.57 Å². The number of primary amides is 1. The Morgan fingerprint density at radius 3 is 2.73 bits per heavy atom. The predicted octanol–water partition coefficient (Wildman–Crippen LogP) is 1.56. The van der Waals surface area contributed by atoms with Gasteiger partial charge in [-0.25, -0.2) is 0 Å². The molecule has 0 aliphatic heterocycles. The highest BCUT2D eigenvalue weighted by molar-refractivity contribution is 7.11. The van der Waals surface area contributed by atoms with Crippen molar-refractivity contribution >= 4 is 22.8 Å². The fraction of sp³-hybridized carbons (Fsp3) is 0.125. The van der Waals surface area contributed by atoms with Crippen LogP contribution in [-0.2, 0) is 4.79 Å². The molecule has 2 nitrogen and oxygen atoms in total. The molecule has 0 saturated heterocycles. The Bertz CT molecular complexity index is 301. The molecule has 1 aromatic rings. The van der Waals surface area contributed by atoms with E-state index < -0.39 is 5.91 Å². The van der Waals surface area contributed by atoms with Crippen LogP contribution in [0.4, 0.5) is 0 Å². The van der Waals surface area contributed by atoms with Gasteiger partial charge in [-0.3, -0.25) is 4.79 Å². The monoisotopic (exact) mass is 167 g/mol. The quantitative estimate of drug-likeness (QED) is 0.667. The molecular weight excluding hydrogens is 158 g/mol. The first-order chi connectivity index (χ1) is 5.13. The molecule has 1 rings (SSSR count). The highest BCUT2D eigenvalue weighted by Gasteiger charge is 2.08. The number of nitrogens with two attached hydrogens (primary N) is 1. The highest BCUT2D eigenvalue weighted by atomic mass is 32.1. The zero-order valence-corrected chi connectivity index (χ0v) is 7.07. The van der Waals surface area contributed by atoms with Crippen molar-refractivity contribution in [2.75, 3.05) is 0 Å². The van der Waals surface area contributed by atoms with Gasteiger partial charge < -0.3 is 5.73 Å². The summed E-state index contributed by atoms with van der Waals surface area (Å²) in [4.78, 5) is 11.6. The van der Waals surface area contributed by atoms with Crippen molar-refractivity contribution in [2.45, 2.75) is 6.92 Å². The van der Waals surface area contributed by atoms with E-state index in [9.17, 15) is 4.79 Å². The lowest BCUT2D eigenvalue weighted by Crippen LogP contribution is -2.11.